The number of hydrogen-bond acceptors (Lipinski definition) is 5. The second kappa shape index (κ2) is 6.05. The number of fused-ring (bicyclic) bond motifs is 5. The van der Waals surface area contributed by atoms with Gasteiger partial charge in [-0.15, -0.1) is 0 Å². The Morgan fingerprint density at radius 1 is 1.15 bits per heavy atom. The molecule has 0 aromatic heterocycles. The standard InChI is InChI=1S/C21H32O5/c1-11(22)26-17-10-15-18-14(5-7-21(15,3)19(17)25)20(2)6-4-13(23)8-12(20)9-16(18)24/h9,13-19,23-25H,4-8,10H2,1-3H3/t13?,14-,15+,16?,17?,18-,19?,20+,21+/m1/s1. The number of ether oxygens (including phenoxy) is 1. The van der Waals surface area contributed by atoms with E-state index in [2.05, 4.69) is 13.8 Å². The van der Waals surface area contributed by atoms with Gasteiger partial charge in [0.1, 0.15) is 6.10 Å². The van der Waals surface area contributed by atoms with Crippen molar-refractivity contribution in [1.82, 2.24) is 0 Å². The summed E-state index contributed by atoms with van der Waals surface area (Å²) in [6.07, 6.45) is 4.89. The van der Waals surface area contributed by atoms with E-state index in [0.29, 0.717) is 18.8 Å². The minimum atomic E-state index is -0.670. The lowest BCUT2D eigenvalue weighted by Gasteiger charge is -2.58. The molecule has 9 atom stereocenters. The molecule has 146 valence electrons. The third-order valence-corrected chi connectivity index (χ3v) is 8.37. The van der Waals surface area contributed by atoms with Crippen LogP contribution in [0, 0.1) is 28.6 Å². The van der Waals surface area contributed by atoms with E-state index in [1.165, 1.54) is 12.5 Å². The summed E-state index contributed by atoms with van der Waals surface area (Å²) in [5.74, 6) is 0.212. The normalized spacial score (nSPS) is 53.2. The molecule has 0 aliphatic heterocycles. The van der Waals surface area contributed by atoms with Crippen molar-refractivity contribution in [2.45, 2.75) is 83.7 Å². The summed E-state index contributed by atoms with van der Waals surface area (Å²) in [5.41, 5.74) is 0.913. The molecular weight excluding hydrogens is 332 g/mol. The fourth-order valence-electron chi connectivity index (χ4n) is 6.92. The zero-order valence-corrected chi connectivity index (χ0v) is 16.0. The van der Waals surface area contributed by atoms with Crippen molar-refractivity contribution >= 4 is 5.97 Å². The van der Waals surface area contributed by atoms with Gasteiger partial charge in [0.15, 0.2) is 0 Å². The van der Waals surface area contributed by atoms with Crippen LogP contribution in [0.25, 0.3) is 0 Å². The maximum absolute atomic E-state index is 11.5. The Hall–Kier alpha value is -0.910. The summed E-state index contributed by atoms with van der Waals surface area (Å²) in [6, 6.07) is 0. The van der Waals surface area contributed by atoms with E-state index in [1.807, 2.05) is 6.08 Å². The second-order valence-corrected chi connectivity index (χ2v) is 9.66. The van der Waals surface area contributed by atoms with Crippen molar-refractivity contribution in [3.05, 3.63) is 11.6 Å². The fourth-order valence-corrected chi connectivity index (χ4v) is 6.92. The van der Waals surface area contributed by atoms with E-state index in [9.17, 15) is 20.1 Å². The third-order valence-electron chi connectivity index (χ3n) is 8.37. The zero-order valence-electron chi connectivity index (χ0n) is 16.0. The number of esters is 1. The molecule has 0 amide bonds. The molecule has 4 unspecified atom stereocenters. The number of hydrogen-bond donors (Lipinski definition) is 3. The topological polar surface area (TPSA) is 87.0 Å². The van der Waals surface area contributed by atoms with E-state index >= 15 is 0 Å². The summed E-state index contributed by atoms with van der Waals surface area (Å²) in [6.45, 7) is 5.78. The number of carbonyl (C=O) groups excluding carboxylic acids is 1. The number of carbonyl (C=O) groups is 1. The van der Waals surface area contributed by atoms with Gasteiger partial charge in [-0.05, 0) is 61.7 Å². The highest BCUT2D eigenvalue weighted by Crippen LogP contribution is 2.65. The van der Waals surface area contributed by atoms with Gasteiger partial charge in [0, 0.05) is 12.3 Å². The van der Waals surface area contributed by atoms with Crippen molar-refractivity contribution in [1.29, 1.82) is 0 Å². The first kappa shape index (κ1) is 18.5. The van der Waals surface area contributed by atoms with Crippen molar-refractivity contribution in [2.75, 3.05) is 0 Å². The summed E-state index contributed by atoms with van der Waals surface area (Å²) in [7, 11) is 0. The molecule has 4 aliphatic carbocycles. The molecule has 26 heavy (non-hydrogen) atoms. The van der Waals surface area contributed by atoms with Crippen LogP contribution < -0.4 is 0 Å². The summed E-state index contributed by atoms with van der Waals surface area (Å²) in [4.78, 5) is 11.5. The SMILES string of the molecule is CC(=O)OC1C[C@H]2[C@@H]3C(O)C=C4CC(O)CC[C@]4(C)[C@@H]3CC[C@]2(C)C1O. The Morgan fingerprint density at radius 2 is 1.88 bits per heavy atom. The highest BCUT2D eigenvalue weighted by atomic mass is 16.6. The highest BCUT2D eigenvalue weighted by molar-refractivity contribution is 5.66. The molecule has 3 fully saturated rings. The van der Waals surface area contributed by atoms with Crippen molar-refractivity contribution < 1.29 is 24.9 Å². The smallest absolute Gasteiger partial charge is 0.302 e. The van der Waals surface area contributed by atoms with Gasteiger partial charge in [0.2, 0.25) is 0 Å². The lowest BCUT2D eigenvalue weighted by molar-refractivity contribution is -0.153. The lowest BCUT2D eigenvalue weighted by Crippen LogP contribution is -2.55. The van der Waals surface area contributed by atoms with Gasteiger partial charge >= 0.3 is 5.97 Å². The molecule has 0 spiro atoms. The average Bonchev–Trinajstić information content (AvgIpc) is 2.80. The maximum atomic E-state index is 11.5. The molecular formula is C21H32O5. The molecule has 0 radical (unpaired) electrons. The Balaban J connectivity index is 1.68. The van der Waals surface area contributed by atoms with Crippen LogP contribution in [0.1, 0.15) is 59.3 Å². The molecule has 0 aromatic carbocycles. The van der Waals surface area contributed by atoms with Crippen molar-refractivity contribution in [3.63, 3.8) is 0 Å². The molecule has 5 nitrogen and oxygen atoms in total. The summed E-state index contributed by atoms with van der Waals surface area (Å²) in [5, 5.41) is 32.0. The Bertz CT molecular complexity index is 630. The van der Waals surface area contributed by atoms with Gasteiger partial charge in [-0.3, -0.25) is 4.79 Å². The van der Waals surface area contributed by atoms with Crippen LogP contribution in [-0.4, -0.2) is 45.7 Å². The van der Waals surface area contributed by atoms with Gasteiger partial charge in [-0.2, -0.15) is 0 Å². The third kappa shape index (κ3) is 2.50. The molecule has 4 rings (SSSR count). The summed E-state index contributed by atoms with van der Waals surface area (Å²) < 4.78 is 5.42. The van der Waals surface area contributed by atoms with Gasteiger partial charge in [0.05, 0.1) is 18.3 Å². The Morgan fingerprint density at radius 3 is 2.58 bits per heavy atom. The van der Waals surface area contributed by atoms with Crippen molar-refractivity contribution in [3.8, 4) is 0 Å². The van der Waals surface area contributed by atoms with Crippen LogP contribution in [-0.2, 0) is 9.53 Å². The molecule has 3 N–H and O–H groups in total. The van der Waals surface area contributed by atoms with Gasteiger partial charge in [0.25, 0.3) is 0 Å². The monoisotopic (exact) mass is 364 g/mol. The van der Waals surface area contributed by atoms with Gasteiger partial charge < -0.3 is 20.1 Å². The predicted octanol–water partition coefficient (Wildman–Crippen LogP) is 2.18. The van der Waals surface area contributed by atoms with Gasteiger partial charge in [-0.1, -0.05) is 25.5 Å². The quantitative estimate of drug-likeness (QED) is 0.490. The van der Waals surface area contributed by atoms with E-state index in [4.69, 9.17) is 4.74 Å². The first-order chi connectivity index (χ1) is 12.2. The van der Waals surface area contributed by atoms with Crippen LogP contribution in [0.5, 0.6) is 0 Å². The largest absolute Gasteiger partial charge is 0.460 e. The minimum absolute atomic E-state index is 0.0227. The molecule has 3 saturated carbocycles. The van der Waals surface area contributed by atoms with Crippen LogP contribution in [0.4, 0.5) is 0 Å². The second-order valence-electron chi connectivity index (χ2n) is 9.66. The van der Waals surface area contributed by atoms with E-state index in [0.717, 1.165) is 25.7 Å². The van der Waals surface area contributed by atoms with Crippen LogP contribution in [0.2, 0.25) is 0 Å². The summed E-state index contributed by atoms with van der Waals surface area (Å²) >= 11 is 0. The van der Waals surface area contributed by atoms with Crippen LogP contribution >= 0.6 is 0 Å². The van der Waals surface area contributed by atoms with Gasteiger partial charge in [-0.25, -0.2) is 0 Å². The Kier molecular flexibility index (Phi) is 4.29. The molecule has 4 aliphatic rings. The lowest BCUT2D eigenvalue weighted by atomic mass is 9.47. The Labute approximate surface area is 155 Å². The van der Waals surface area contributed by atoms with Crippen LogP contribution in [0.3, 0.4) is 0 Å². The van der Waals surface area contributed by atoms with E-state index in [1.54, 1.807) is 0 Å². The fraction of sp³-hybridized carbons (Fsp3) is 0.857. The first-order valence-corrected chi connectivity index (χ1v) is 10.1. The predicted molar refractivity (Wildman–Crippen MR) is 96.0 cm³/mol. The molecule has 0 saturated heterocycles. The van der Waals surface area contributed by atoms with E-state index in [-0.39, 0.29) is 34.7 Å². The molecule has 0 aromatic rings. The minimum Gasteiger partial charge on any atom is -0.460 e. The van der Waals surface area contributed by atoms with Crippen LogP contribution in [0.15, 0.2) is 11.6 Å². The highest BCUT2D eigenvalue weighted by Gasteiger charge is 2.63. The van der Waals surface area contributed by atoms with E-state index < -0.39 is 18.3 Å². The molecule has 0 bridgehead atoms. The first-order valence-electron chi connectivity index (χ1n) is 10.1. The average molecular weight is 364 g/mol. The number of rotatable bonds is 1. The molecule has 0 heterocycles. The molecule has 5 heteroatoms. The number of aliphatic hydroxyl groups is 3. The van der Waals surface area contributed by atoms with Crippen molar-refractivity contribution in [2.24, 2.45) is 28.6 Å². The number of aliphatic hydroxyl groups excluding tert-OH is 3. The maximum Gasteiger partial charge on any atom is 0.302 e. The zero-order chi connectivity index (χ0) is 18.9.